The molecule has 1 unspecified atom stereocenters. The molecule has 1 atom stereocenters. The van der Waals surface area contributed by atoms with E-state index >= 15 is 0 Å². The Morgan fingerprint density at radius 3 is 2.57 bits per heavy atom. The molecule has 0 fully saturated rings. The number of rotatable bonds is 6. The third-order valence-electron chi connectivity index (χ3n) is 2.68. The number of hydrogen-bond acceptors (Lipinski definition) is 4. The standard InChI is InChI=1S/C15H15ClFNO3/c16-12-6-5-11(7-13(12)17)20-8-10(19)9-21-15-4-2-1-3-14(15)18/h1-7,10,19H,8-9,18H2. The number of halogens is 2. The number of para-hydroxylation sites is 2. The summed E-state index contributed by atoms with van der Waals surface area (Å²) in [6.07, 6.45) is -0.872. The number of ether oxygens (including phenoxy) is 2. The van der Waals surface area contributed by atoms with Crippen LogP contribution in [0.25, 0.3) is 0 Å². The van der Waals surface area contributed by atoms with Crippen molar-refractivity contribution >= 4 is 17.3 Å². The van der Waals surface area contributed by atoms with E-state index in [2.05, 4.69) is 0 Å². The Balaban J connectivity index is 1.81. The van der Waals surface area contributed by atoms with Gasteiger partial charge in [-0.1, -0.05) is 23.7 Å². The minimum Gasteiger partial charge on any atom is -0.491 e. The lowest BCUT2D eigenvalue weighted by Gasteiger charge is -2.14. The highest BCUT2D eigenvalue weighted by atomic mass is 35.5. The number of nitrogens with two attached hydrogens (primary N) is 1. The molecule has 0 aromatic heterocycles. The summed E-state index contributed by atoms with van der Waals surface area (Å²) in [6, 6.07) is 11.0. The third kappa shape index (κ3) is 4.51. The van der Waals surface area contributed by atoms with Gasteiger partial charge in [-0.15, -0.1) is 0 Å². The Morgan fingerprint density at radius 2 is 1.86 bits per heavy atom. The Kier molecular flexibility index (Phi) is 5.25. The summed E-state index contributed by atoms with van der Waals surface area (Å²) in [7, 11) is 0. The molecule has 0 bridgehead atoms. The molecule has 0 saturated carbocycles. The van der Waals surface area contributed by atoms with Crippen LogP contribution in [0.3, 0.4) is 0 Å². The van der Waals surface area contributed by atoms with Crippen molar-refractivity contribution in [2.24, 2.45) is 0 Å². The van der Waals surface area contributed by atoms with Crippen LogP contribution in [0.5, 0.6) is 11.5 Å². The van der Waals surface area contributed by atoms with Gasteiger partial charge in [-0.25, -0.2) is 4.39 Å². The molecule has 2 aromatic carbocycles. The van der Waals surface area contributed by atoms with Crippen LogP contribution in [0.15, 0.2) is 42.5 Å². The first-order valence-corrected chi connectivity index (χ1v) is 6.67. The van der Waals surface area contributed by atoms with Crippen molar-refractivity contribution in [3.05, 3.63) is 53.3 Å². The maximum atomic E-state index is 13.2. The summed E-state index contributed by atoms with van der Waals surface area (Å²) in [5.41, 5.74) is 6.20. The van der Waals surface area contributed by atoms with Crippen molar-refractivity contribution in [3.8, 4) is 11.5 Å². The molecule has 2 rings (SSSR count). The van der Waals surface area contributed by atoms with Crippen LogP contribution in [0.4, 0.5) is 10.1 Å². The molecule has 6 heteroatoms. The Labute approximate surface area is 126 Å². The van der Waals surface area contributed by atoms with E-state index in [1.807, 2.05) is 0 Å². The molecule has 21 heavy (non-hydrogen) atoms. The third-order valence-corrected chi connectivity index (χ3v) is 2.99. The fourth-order valence-corrected chi connectivity index (χ4v) is 1.72. The molecule has 2 aromatic rings. The molecule has 112 valence electrons. The highest BCUT2D eigenvalue weighted by Gasteiger charge is 2.09. The summed E-state index contributed by atoms with van der Waals surface area (Å²) >= 11 is 5.56. The van der Waals surface area contributed by atoms with E-state index in [4.69, 9.17) is 26.8 Å². The first kappa shape index (κ1) is 15.4. The lowest BCUT2D eigenvalue weighted by Crippen LogP contribution is -2.25. The van der Waals surface area contributed by atoms with Crippen molar-refractivity contribution in [1.29, 1.82) is 0 Å². The minimum absolute atomic E-state index is 0.0181. The van der Waals surface area contributed by atoms with Crippen LogP contribution in [0.1, 0.15) is 0 Å². The van der Waals surface area contributed by atoms with Gasteiger partial charge in [0.2, 0.25) is 0 Å². The van der Waals surface area contributed by atoms with Gasteiger partial charge in [-0.3, -0.25) is 0 Å². The lowest BCUT2D eigenvalue weighted by molar-refractivity contribution is 0.0628. The van der Waals surface area contributed by atoms with Crippen LogP contribution in [0, 0.1) is 5.82 Å². The van der Waals surface area contributed by atoms with E-state index in [0.29, 0.717) is 11.4 Å². The van der Waals surface area contributed by atoms with Crippen molar-refractivity contribution in [2.45, 2.75) is 6.10 Å². The molecular weight excluding hydrogens is 297 g/mol. The van der Waals surface area contributed by atoms with Gasteiger partial charge < -0.3 is 20.3 Å². The van der Waals surface area contributed by atoms with Gasteiger partial charge in [0.05, 0.1) is 10.7 Å². The molecule has 0 amide bonds. The average molecular weight is 312 g/mol. The first-order valence-electron chi connectivity index (χ1n) is 6.29. The normalized spacial score (nSPS) is 12.0. The quantitative estimate of drug-likeness (QED) is 0.805. The number of benzene rings is 2. The van der Waals surface area contributed by atoms with Crippen LogP contribution in [-0.4, -0.2) is 24.4 Å². The molecule has 0 spiro atoms. The average Bonchev–Trinajstić information content (AvgIpc) is 2.47. The smallest absolute Gasteiger partial charge is 0.145 e. The van der Waals surface area contributed by atoms with Gasteiger partial charge in [-0.2, -0.15) is 0 Å². The molecule has 0 aliphatic carbocycles. The summed E-state index contributed by atoms with van der Waals surface area (Å²) in [6.45, 7) is -0.0158. The monoisotopic (exact) mass is 311 g/mol. The highest BCUT2D eigenvalue weighted by molar-refractivity contribution is 6.30. The van der Waals surface area contributed by atoms with E-state index in [0.717, 1.165) is 6.07 Å². The summed E-state index contributed by atoms with van der Waals surface area (Å²) < 4.78 is 23.8. The van der Waals surface area contributed by atoms with Gasteiger partial charge in [0, 0.05) is 6.07 Å². The Bertz CT molecular complexity index is 609. The van der Waals surface area contributed by atoms with Crippen molar-refractivity contribution in [2.75, 3.05) is 18.9 Å². The van der Waals surface area contributed by atoms with Crippen molar-refractivity contribution < 1.29 is 19.0 Å². The molecule has 0 saturated heterocycles. The zero-order chi connectivity index (χ0) is 15.2. The fraction of sp³-hybridized carbons (Fsp3) is 0.200. The summed E-state index contributed by atoms with van der Waals surface area (Å²) in [4.78, 5) is 0. The minimum atomic E-state index is -0.872. The first-order chi connectivity index (χ1) is 10.1. The van der Waals surface area contributed by atoms with Gasteiger partial charge in [0.1, 0.15) is 36.6 Å². The van der Waals surface area contributed by atoms with Gasteiger partial charge in [0.25, 0.3) is 0 Å². The van der Waals surface area contributed by atoms with Crippen molar-refractivity contribution in [1.82, 2.24) is 0 Å². The highest BCUT2D eigenvalue weighted by Crippen LogP contribution is 2.21. The van der Waals surface area contributed by atoms with E-state index in [1.165, 1.54) is 12.1 Å². The molecular formula is C15H15ClFNO3. The summed E-state index contributed by atoms with van der Waals surface area (Å²) in [5, 5.41) is 9.80. The Morgan fingerprint density at radius 1 is 1.14 bits per heavy atom. The predicted molar refractivity (Wildman–Crippen MR) is 79.3 cm³/mol. The zero-order valence-electron chi connectivity index (χ0n) is 11.1. The second-order valence-electron chi connectivity index (χ2n) is 4.39. The summed E-state index contributed by atoms with van der Waals surface area (Å²) in [5.74, 6) is 0.209. The van der Waals surface area contributed by atoms with E-state index in [1.54, 1.807) is 24.3 Å². The molecule has 0 radical (unpaired) electrons. The SMILES string of the molecule is Nc1ccccc1OCC(O)COc1ccc(Cl)c(F)c1. The number of nitrogen functional groups attached to an aromatic ring is 1. The topological polar surface area (TPSA) is 64.7 Å². The second kappa shape index (κ2) is 7.15. The van der Waals surface area contributed by atoms with Gasteiger partial charge in [0.15, 0.2) is 0 Å². The van der Waals surface area contributed by atoms with Crippen LogP contribution >= 0.6 is 11.6 Å². The van der Waals surface area contributed by atoms with Gasteiger partial charge >= 0.3 is 0 Å². The predicted octanol–water partition coefficient (Wildman–Crippen LogP) is 2.88. The molecule has 3 N–H and O–H groups in total. The largest absolute Gasteiger partial charge is 0.491 e. The molecule has 4 nitrogen and oxygen atoms in total. The maximum Gasteiger partial charge on any atom is 0.145 e. The fourth-order valence-electron chi connectivity index (χ4n) is 1.61. The molecule has 0 aliphatic rings. The number of anilines is 1. The zero-order valence-corrected chi connectivity index (χ0v) is 11.9. The van der Waals surface area contributed by atoms with Crippen LogP contribution in [0.2, 0.25) is 5.02 Å². The van der Waals surface area contributed by atoms with Gasteiger partial charge in [-0.05, 0) is 24.3 Å². The van der Waals surface area contributed by atoms with E-state index < -0.39 is 11.9 Å². The van der Waals surface area contributed by atoms with Crippen LogP contribution < -0.4 is 15.2 Å². The van der Waals surface area contributed by atoms with Crippen molar-refractivity contribution in [3.63, 3.8) is 0 Å². The molecule has 0 aliphatic heterocycles. The number of aliphatic hydroxyl groups excluding tert-OH is 1. The number of aliphatic hydroxyl groups is 1. The maximum absolute atomic E-state index is 13.2. The van der Waals surface area contributed by atoms with E-state index in [9.17, 15) is 9.50 Å². The molecule has 0 heterocycles. The van der Waals surface area contributed by atoms with E-state index in [-0.39, 0.29) is 24.0 Å². The lowest BCUT2D eigenvalue weighted by atomic mass is 10.3. The van der Waals surface area contributed by atoms with Crippen LogP contribution in [-0.2, 0) is 0 Å². The second-order valence-corrected chi connectivity index (χ2v) is 4.80. The Hall–Kier alpha value is -1.98. The number of hydrogen-bond donors (Lipinski definition) is 2.